The summed E-state index contributed by atoms with van der Waals surface area (Å²) in [6, 6.07) is 11.3. The molecule has 0 aliphatic carbocycles. The van der Waals surface area contributed by atoms with Crippen molar-refractivity contribution in [3.8, 4) is 11.4 Å². The summed E-state index contributed by atoms with van der Waals surface area (Å²) in [5, 5.41) is 13.6. The fraction of sp³-hybridized carbons (Fsp3) is 0.133. The van der Waals surface area contributed by atoms with Gasteiger partial charge in [-0.25, -0.2) is 4.39 Å². The number of tetrazole rings is 1. The lowest BCUT2D eigenvalue weighted by Crippen LogP contribution is -2.04. The lowest BCUT2D eigenvalue weighted by molar-refractivity contribution is 0.557. The lowest BCUT2D eigenvalue weighted by atomic mass is 10.2. The molecular formula is C15H11Cl2FN4S. The molecule has 4 nitrogen and oxygen atoms in total. The molecule has 2 aromatic carbocycles. The van der Waals surface area contributed by atoms with Crippen LogP contribution in [0.5, 0.6) is 0 Å². The van der Waals surface area contributed by atoms with Crippen molar-refractivity contribution in [2.45, 2.75) is 11.4 Å². The molecular weight excluding hydrogens is 358 g/mol. The number of aryl methyl sites for hydroxylation is 1. The lowest BCUT2D eigenvalue weighted by Gasteiger charge is -2.04. The zero-order valence-electron chi connectivity index (χ0n) is 11.8. The molecule has 0 fully saturated rings. The molecule has 3 aromatic rings. The number of halogens is 3. The van der Waals surface area contributed by atoms with E-state index in [1.54, 1.807) is 36.0 Å². The Morgan fingerprint density at radius 3 is 2.65 bits per heavy atom. The van der Waals surface area contributed by atoms with Gasteiger partial charge >= 0.3 is 0 Å². The minimum absolute atomic E-state index is 0.295. The standard InChI is InChI=1S/C15H11Cl2FN4S/c16-11-3-6-13(17)14(9-11)23-8-7-22-20-15(19-21-22)10-1-4-12(18)5-2-10/h1-6,9H,7-8H2. The highest BCUT2D eigenvalue weighted by atomic mass is 35.5. The van der Waals surface area contributed by atoms with Gasteiger partial charge in [-0.05, 0) is 47.7 Å². The number of benzene rings is 2. The summed E-state index contributed by atoms with van der Waals surface area (Å²) in [4.78, 5) is 2.42. The highest BCUT2D eigenvalue weighted by molar-refractivity contribution is 7.99. The van der Waals surface area contributed by atoms with Crippen LogP contribution in [0.4, 0.5) is 4.39 Å². The maximum Gasteiger partial charge on any atom is 0.204 e. The predicted molar refractivity (Wildman–Crippen MR) is 90.4 cm³/mol. The molecule has 23 heavy (non-hydrogen) atoms. The predicted octanol–water partition coefficient (Wildman–Crippen LogP) is 4.58. The molecule has 8 heteroatoms. The smallest absolute Gasteiger partial charge is 0.204 e. The summed E-state index contributed by atoms with van der Waals surface area (Å²) in [6.07, 6.45) is 0. The van der Waals surface area contributed by atoms with Crippen LogP contribution in [-0.4, -0.2) is 26.0 Å². The van der Waals surface area contributed by atoms with Crippen LogP contribution in [0, 0.1) is 5.82 Å². The van der Waals surface area contributed by atoms with Gasteiger partial charge in [0.2, 0.25) is 5.82 Å². The summed E-state index contributed by atoms with van der Waals surface area (Å²) >= 11 is 13.6. The number of thioether (sulfide) groups is 1. The second-order valence-electron chi connectivity index (χ2n) is 4.64. The second-order valence-corrected chi connectivity index (χ2v) is 6.62. The largest absolute Gasteiger partial charge is 0.207 e. The van der Waals surface area contributed by atoms with E-state index in [9.17, 15) is 4.39 Å². The Hall–Kier alpha value is -1.63. The van der Waals surface area contributed by atoms with Crippen molar-refractivity contribution in [3.05, 3.63) is 58.3 Å². The van der Waals surface area contributed by atoms with Gasteiger partial charge in [0.25, 0.3) is 0 Å². The maximum atomic E-state index is 12.9. The van der Waals surface area contributed by atoms with Gasteiger partial charge in [0.15, 0.2) is 0 Å². The van der Waals surface area contributed by atoms with Gasteiger partial charge in [-0.2, -0.15) is 4.80 Å². The van der Waals surface area contributed by atoms with E-state index in [0.29, 0.717) is 22.4 Å². The molecule has 0 saturated heterocycles. The van der Waals surface area contributed by atoms with Crippen molar-refractivity contribution >= 4 is 35.0 Å². The maximum absolute atomic E-state index is 12.9. The Balaban J connectivity index is 1.61. The third kappa shape index (κ3) is 4.22. The normalized spacial score (nSPS) is 10.9. The van der Waals surface area contributed by atoms with E-state index in [1.807, 2.05) is 6.07 Å². The topological polar surface area (TPSA) is 43.6 Å². The summed E-state index contributed by atoms with van der Waals surface area (Å²) < 4.78 is 12.9. The van der Waals surface area contributed by atoms with Gasteiger partial charge in [-0.1, -0.05) is 23.2 Å². The Bertz CT molecular complexity index is 807. The van der Waals surface area contributed by atoms with Crippen molar-refractivity contribution in [2.24, 2.45) is 0 Å². The molecule has 0 unspecified atom stereocenters. The zero-order chi connectivity index (χ0) is 16.2. The molecule has 0 aliphatic rings. The van der Waals surface area contributed by atoms with E-state index < -0.39 is 0 Å². The molecule has 1 heterocycles. The molecule has 3 rings (SSSR count). The number of aromatic nitrogens is 4. The Morgan fingerprint density at radius 2 is 1.87 bits per heavy atom. The Kier molecular flexibility index (Phi) is 5.15. The van der Waals surface area contributed by atoms with E-state index >= 15 is 0 Å². The van der Waals surface area contributed by atoms with Crippen LogP contribution in [0.25, 0.3) is 11.4 Å². The number of hydrogen-bond acceptors (Lipinski definition) is 4. The molecule has 0 spiro atoms. The van der Waals surface area contributed by atoms with E-state index in [1.165, 1.54) is 16.9 Å². The number of nitrogens with zero attached hydrogens (tertiary/aromatic N) is 4. The quantitative estimate of drug-likeness (QED) is 0.618. The van der Waals surface area contributed by atoms with E-state index in [0.717, 1.165) is 16.2 Å². The van der Waals surface area contributed by atoms with Gasteiger partial charge in [0.1, 0.15) is 5.82 Å². The summed E-state index contributed by atoms with van der Waals surface area (Å²) in [7, 11) is 0. The van der Waals surface area contributed by atoms with Crippen LogP contribution in [0.2, 0.25) is 10.0 Å². The van der Waals surface area contributed by atoms with Gasteiger partial charge in [0.05, 0.1) is 11.6 Å². The molecule has 0 amide bonds. The highest BCUT2D eigenvalue weighted by Crippen LogP contribution is 2.29. The third-order valence-electron chi connectivity index (χ3n) is 3.00. The van der Waals surface area contributed by atoms with Crippen molar-refractivity contribution in [1.29, 1.82) is 0 Å². The van der Waals surface area contributed by atoms with Crippen molar-refractivity contribution in [1.82, 2.24) is 20.2 Å². The average Bonchev–Trinajstić information content (AvgIpc) is 3.00. The van der Waals surface area contributed by atoms with Crippen molar-refractivity contribution in [3.63, 3.8) is 0 Å². The SMILES string of the molecule is Fc1ccc(-c2nnn(CCSc3cc(Cl)ccc3Cl)n2)cc1. The molecule has 0 bridgehead atoms. The Labute approximate surface area is 146 Å². The summed E-state index contributed by atoms with van der Waals surface area (Å²) in [5.74, 6) is 0.894. The van der Waals surface area contributed by atoms with Gasteiger partial charge in [-0.15, -0.1) is 22.0 Å². The van der Waals surface area contributed by atoms with Crippen LogP contribution < -0.4 is 0 Å². The van der Waals surface area contributed by atoms with Crippen LogP contribution >= 0.6 is 35.0 Å². The fourth-order valence-electron chi connectivity index (χ4n) is 1.88. The monoisotopic (exact) mass is 368 g/mol. The highest BCUT2D eigenvalue weighted by Gasteiger charge is 2.07. The minimum Gasteiger partial charge on any atom is -0.207 e. The minimum atomic E-state index is -0.295. The third-order valence-corrected chi connectivity index (χ3v) is 4.71. The fourth-order valence-corrected chi connectivity index (χ4v) is 3.29. The van der Waals surface area contributed by atoms with E-state index in [-0.39, 0.29) is 5.82 Å². The van der Waals surface area contributed by atoms with E-state index in [2.05, 4.69) is 15.4 Å². The molecule has 1 aromatic heterocycles. The van der Waals surface area contributed by atoms with Crippen LogP contribution in [0.3, 0.4) is 0 Å². The Morgan fingerprint density at radius 1 is 1.09 bits per heavy atom. The molecule has 0 radical (unpaired) electrons. The first-order valence-electron chi connectivity index (χ1n) is 6.73. The molecule has 0 N–H and O–H groups in total. The van der Waals surface area contributed by atoms with Crippen molar-refractivity contribution in [2.75, 3.05) is 5.75 Å². The van der Waals surface area contributed by atoms with Gasteiger partial charge in [0, 0.05) is 21.2 Å². The first-order chi connectivity index (χ1) is 11.1. The van der Waals surface area contributed by atoms with Crippen LogP contribution in [0.1, 0.15) is 0 Å². The first kappa shape index (κ1) is 16.2. The van der Waals surface area contributed by atoms with Crippen LogP contribution in [0.15, 0.2) is 47.4 Å². The number of rotatable bonds is 5. The van der Waals surface area contributed by atoms with E-state index in [4.69, 9.17) is 23.2 Å². The van der Waals surface area contributed by atoms with Gasteiger partial charge in [-0.3, -0.25) is 0 Å². The molecule has 0 aliphatic heterocycles. The zero-order valence-corrected chi connectivity index (χ0v) is 14.1. The second kappa shape index (κ2) is 7.29. The average molecular weight is 369 g/mol. The van der Waals surface area contributed by atoms with Crippen molar-refractivity contribution < 1.29 is 4.39 Å². The molecule has 118 valence electrons. The summed E-state index contributed by atoms with van der Waals surface area (Å²) in [6.45, 7) is 0.571. The molecule has 0 atom stereocenters. The first-order valence-corrected chi connectivity index (χ1v) is 8.47. The molecule has 0 saturated carbocycles. The van der Waals surface area contributed by atoms with Gasteiger partial charge < -0.3 is 0 Å². The van der Waals surface area contributed by atoms with Crippen LogP contribution in [-0.2, 0) is 6.54 Å². The summed E-state index contributed by atoms with van der Waals surface area (Å²) in [5.41, 5.74) is 0.725. The number of hydrogen-bond donors (Lipinski definition) is 0.